The van der Waals surface area contributed by atoms with Crippen molar-refractivity contribution in [1.82, 2.24) is 10.2 Å². The molecule has 0 spiro atoms. The first kappa shape index (κ1) is 19.1. The smallest absolute Gasteiger partial charge is 0.271 e. The van der Waals surface area contributed by atoms with E-state index in [0.717, 1.165) is 0 Å². The van der Waals surface area contributed by atoms with Crippen LogP contribution in [-0.4, -0.2) is 46.5 Å². The second kappa shape index (κ2) is 9.30. The summed E-state index contributed by atoms with van der Waals surface area (Å²) in [4.78, 5) is 22.5. The molecule has 0 aliphatic carbocycles. The Labute approximate surface area is 152 Å². The Kier molecular flexibility index (Phi) is 7.10. The van der Waals surface area contributed by atoms with E-state index in [-0.39, 0.29) is 11.6 Å². The standard InChI is InChI=1S/C14H17N5O4S2/c1-9(24-14-18-17-13(25-14)15-6-7-23-2)12(20)16-10-4-3-5-11(8-10)19(21)22/h3-5,8-9H,6-7H2,1-2H3,(H,15,17)(H,16,20). The summed E-state index contributed by atoms with van der Waals surface area (Å²) >= 11 is 2.62. The second-order valence-corrected chi connectivity index (χ2v) is 7.41. The second-order valence-electron chi connectivity index (χ2n) is 4.85. The molecule has 2 N–H and O–H groups in total. The largest absolute Gasteiger partial charge is 0.383 e. The number of aromatic nitrogens is 2. The van der Waals surface area contributed by atoms with E-state index in [9.17, 15) is 14.9 Å². The average molecular weight is 383 g/mol. The molecule has 0 saturated heterocycles. The number of hydrogen-bond donors (Lipinski definition) is 2. The van der Waals surface area contributed by atoms with Crippen LogP contribution in [0.5, 0.6) is 0 Å². The fourth-order valence-electron chi connectivity index (χ4n) is 1.73. The van der Waals surface area contributed by atoms with E-state index < -0.39 is 10.2 Å². The van der Waals surface area contributed by atoms with Crippen molar-refractivity contribution < 1.29 is 14.5 Å². The number of methoxy groups -OCH3 is 1. The molecular formula is C14H17N5O4S2. The van der Waals surface area contributed by atoms with Gasteiger partial charge in [-0.3, -0.25) is 14.9 Å². The molecule has 2 rings (SSSR count). The van der Waals surface area contributed by atoms with Gasteiger partial charge in [-0.25, -0.2) is 0 Å². The number of hydrogen-bond acceptors (Lipinski definition) is 9. The Morgan fingerprint density at radius 3 is 3.00 bits per heavy atom. The van der Waals surface area contributed by atoms with Crippen LogP contribution in [0.2, 0.25) is 0 Å². The lowest BCUT2D eigenvalue weighted by molar-refractivity contribution is -0.384. The van der Waals surface area contributed by atoms with Crippen molar-refractivity contribution >= 4 is 45.5 Å². The summed E-state index contributed by atoms with van der Waals surface area (Å²) in [7, 11) is 1.62. The van der Waals surface area contributed by atoms with Gasteiger partial charge in [0, 0.05) is 31.5 Å². The van der Waals surface area contributed by atoms with Crippen LogP contribution in [0.1, 0.15) is 6.92 Å². The summed E-state index contributed by atoms with van der Waals surface area (Å²) in [6.45, 7) is 2.92. The Morgan fingerprint density at radius 1 is 1.48 bits per heavy atom. The Morgan fingerprint density at radius 2 is 2.28 bits per heavy atom. The quantitative estimate of drug-likeness (QED) is 0.293. The lowest BCUT2D eigenvalue weighted by atomic mass is 10.2. The molecule has 0 saturated carbocycles. The van der Waals surface area contributed by atoms with Crippen LogP contribution in [0, 0.1) is 10.1 Å². The maximum absolute atomic E-state index is 12.2. The lowest BCUT2D eigenvalue weighted by Crippen LogP contribution is -2.22. The first-order valence-corrected chi connectivity index (χ1v) is 8.97. The van der Waals surface area contributed by atoms with Crippen molar-refractivity contribution in [3.8, 4) is 0 Å². The van der Waals surface area contributed by atoms with Crippen molar-refractivity contribution in [2.45, 2.75) is 16.5 Å². The minimum absolute atomic E-state index is 0.0750. The third kappa shape index (κ3) is 5.96. The van der Waals surface area contributed by atoms with E-state index in [1.807, 2.05) is 0 Å². The first-order chi connectivity index (χ1) is 12.0. The van der Waals surface area contributed by atoms with Crippen LogP contribution in [0.15, 0.2) is 28.6 Å². The SMILES string of the molecule is COCCNc1nnc(SC(C)C(=O)Nc2cccc([N+](=O)[O-])c2)s1. The number of benzene rings is 1. The predicted molar refractivity (Wildman–Crippen MR) is 97.3 cm³/mol. The minimum atomic E-state index is -0.507. The molecule has 1 unspecified atom stereocenters. The number of rotatable bonds is 9. The van der Waals surface area contributed by atoms with Gasteiger partial charge in [0.1, 0.15) is 0 Å². The lowest BCUT2D eigenvalue weighted by Gasteiger charge is -2.10. The fourth-order valence-corrected chi connectivity index (χ4v) is 3.66. The van der Waals surface area contributed by atoms with Gasteiger partial charge in [-0.15, -0.1) is 10.2 Å². The summed E-state index contributed by atoms with van der Waals surface area (Å²) in [6.07, 6.45) is 0. The fraction of sp³-hybridized carbons (Fsp3) is 0.357. The number of nitro groups is 1. The molecule has 0 radical (unpaired) electrons. The monoisotopic (exact) mass is 383 g/mol. The van der Waals surface area contributed by atoms with Crippen LogP contribution < -0.4 is 10.6 Å². The molecule has 0 bridgehead atoms. The van der Waals surface area contributed by atoms with Gasteiger partial charge in [0.05, 0.1) is 16.8 Å². The highest BCUT2D eigenvalue weighted by Gasteiger charge is 2.18. The number of nitrogens with one attached hydrogen (secondary N) is 2. The molecule has 1 amide bonds. The molecule has 1 aromatic carbocycles. The predicted octanol–water partition coefficient (Wildman–Crippen LogP) is 2.62. The molecule has 11 heteroatoms. The molecule has 9 nitrogen and oxygen atoms in total. The van der Waals surface area contributed by atoms with Crippen LogP contribution in [0.4, 0.5) is 16.5 Å². The number of amides is 1. The minimum Gasteiger partial charge on any atom is -0.383 e. The van der Waals surface area contributed by atoms with Crippen molar-refractivity contribution in [2.24, 2.45) is 0 Å². The van der Waals surface area contributed by atoms with E-state index in [2.05, 4.69) is 20.8 Å². The molecule has 1 heterocycles. The van der Waals surface area contributed by atoms with E-state index in [1.54, 1.807) is 20.1 Å². The molecular weight excluding hydrogens is 366 g/mol. The third-order valence-corrected chi connectivity index (χ3v) is 5.03. The van der Waals surface area contributed by atoms with Gasteiger partial charge in [-0.05, 0) is 13.0 Å². The topological polar surface area (TPSA) is 119 Å². The normalized spacial score (nSPS) is 11.8. The molecule has 0 fully saturated rings. The van der Waals surface area contributed by atoms with Gasteiger partial charge in [0.25, 0.3) is 5.69 Å². The number of ether oxygens (including phenoxy) is 1. The van der Waals surface area contributed by atoms with Gasteiger partial charge in [-0.2, -0.15) is 0 Å². The Hall–Kier alpha value is -2.24. The highest BCUT2D eigenvalue weighted by Crippen LogP contribution is 2.29. The summed E-state index contributed by atoms with van der Waals surface area (Å²) < 4.78 is 5.59. The summed E-state index contributed by atoms with van der Waals surface area (Å²) in [5.41, 5.74) is 0.305. The van der Waals surface area contributed by atoms with Crippen LogP contribution in [0.25, 0.3) is 0 Å². The zero-order chi connectivity index (χ0) is 18.2. The molecule has 2 aromatic rings. The summed E-state index contributed by atoms with van der Waals surface area (Å²) in [6, 6.07) is 5.81. The zero-order valence-corrected chi connectivity index (χ0v) is 15.2. The Bertz CT molecular complexity index is 740. The van der Waals surface area contributed by atoms with Crippen LogP contribution >= 0.6 is 23.1 Å². The van der Waals surface area contributed by atoms with Gasteiger partial charge >= 0.3 is 0 Å². The van der Waals surface area contributed by atoms with Crippen LogP contribution in [0.3, 0.4) is 0 Å². The number of thioether (sulfide) groups is 1. The number of nitro benzene ring substituents is 1. The molecule has 1 aromatic heterocycles. The third-order valence-electron chi connectivity index (χ3n) is 2.96. The number of carbonyl (C=O) groups excluding carboxylic acids is 1. The molecule has 134 valence electrons. The van der Waals surface area contributed by atoms with Gasteiger partial charge in [0.2, 0.25) is 11.0 Å². The summed E-state index contributed by atoms with van der Waals surface area (Å²) in [5, 5.41) is 24.7. The van der Waals surface area contributed by atoms with E-state index in [4.69, 9.17) is 4.74 Å². The van der Waals surface area contributed by atoms with E-state index in [0.29, 0.717) is 28.3 Å². The number of carbonyl (C=O) groups is 1. The first-order valence-electron chi connectivity index (χ1n) is 7.28. The van der Waals surface area contributed by atoms with Gasteiger partial charge in [0.15, 0.2) is 4.34 Å². The average Bonchev–Trinajstić information content (AvgIpc) is 3.02. The maximum Gasteiger partial charge on any atom is 0.271 e. The van der Waals surface area contributed by atoms with E-state index >= 15 is 0 Å². The Balaban J connectivity index is 1.90. The van der Waals surface area contributed by atoms with Crippen LogP contribution in [-0.2, 0) is 9.53 Å². The highest BCUT2D eigenvalue weighted by molar-refractivity contribution is 8.02. The van der Waals surface area contributed by atoms with Gasteiger partial charge in [-0.1, -0.05) is 29.2 Å². The molecule has 0 aliphatic heterocycles. The van der Waals surface area contributed by atoms with Crippen molar-refractivity contribution in [3.63, 3.8) is 0 Å². The van der Waals surface area contributed by atoms with E-state index in [1.165, 1.54) is 41.3 Å². The molecule has 1 atom stereocenters. The molecule has 25 heavy (non-hydrogen) atoms. The van der Waals surface area contributed by atoms with Crippen molar-refractivity contribution in [1.29, 1.82) is 0 Å². The number of anilines is 2. The number of nitrogens with zero attached hydrogens (tertiary/aromatic N) is 3. The maximum atomic E-state index is 12.2. The zero-order valence-electron chi connectivity index (χ0n) is 13.6. The number of non-ortho nitro benzene ring substituents is 1. The molecule has 0 aliphatic rings. The summed E-state index contributed by atoms with van der Waals surface area (Å²) in [5.74, 6) is -0.269. The van der Waals surface area contributed by atoms with Crippen molar-refractivity contribution in [3.05, 3.63) is 34.4 Å². The van der Waals surface area contributed by atoms with Gasteiger partial charge < -0.3 is 15.4 Å². The highest BCUT2D eigenvalue weighted by atomic mass is 32.2. The van der Waals surface area contributed by atoms with Crippen molar-refractivity contribution in [2.75, 3.05) is 30.9 Å².